The van der Waals surface area contributed by atoms with E-state index in [0.29, 0.717) is 29.9 Å². The number of carbonyl (C=O) groups is 1. The Morgan fingerprint density at radius 1 is 1.15 bits per heavy atom. The molecule has 1 aliphatic carbocycles. The van der Waals surface area contributed by atoms with E-state index in [0.717, 1.165) is 12.1 Å². The first-order valence-corrected chi connectivity index (χ1v) is 8.27. The first-order chi connectivity index (χ1) is 12.9. The molecule has 0 amide bonds. The number of nitrogens with one attached hydrogen (secondary N) is 1. The van der Waals surface area contributed by atoms with Gasteiger partial charge in [-0.05, 0) is 30.3 Å². The number of furan rings is 1. The molecule has 27 heavy (non-hydrogen) atoms. The van der Waals surface area contributed by atoms with Crippen LogP contribution in [0.2, 0.25) is 0 Å². The molecular weight excluding hydrogens is 359 g/mol. The average molecular weight is 373 g/mol. The molecule has 0 fully saturated rings. The van der Waals surface area contributed by atoms with Crippen LogP contribution in [0.3, 0.4) is 0 Å². The van der Waals surface area contributed by atoms with Crippen molar-refractivity contribution in [2.24, 2.45) is 0 Å². The number of alkyl halides is 3. The Hall–Kier alpha value is -3.16. The van der Waals surface area contributed by atoms with E-state index in [1.54, 1.807) is 12.3 Å². The van der Waals surface area contributed by atoms with Crippen LogP contribution in [-0.4, -0.2) is 15.8 Å². The molecule has 0 radical (unpaired) electrons. The number of anilines is 2. The SMILES string of the molecule is O=C1CC(c2ccco2)Cc2nc(Nc3cccc(C(F)(F)F)c3)ncc21. The summed E-state index contributed by atoms with van der Waals surface area (Å²) in [7, 11) is 0. The normalized spacial score (nSPS) is 16.9. The first kappa shape index (κ1) is 17.3. The molecule has 3 aromatic rings. The highest BCUT2D eigenvalue weighted by Gasteiger charge is 2.31. The molecular formula is C19H14F3N3O2. The monoisotopic (exact) mass is 373 g/mol. The van der Waals surface area contributed by atoms with Gasteiger partial charge in [0.15, 0.2) is 5.78 Å². The summed E-state index contributed by atoms with van der Waals surface area (Å²) >= 11 is 0. The molecule has 2 aromatic heterocycles. The van der Waals surface area contributed by atoms with Crippen LogP contribution in [0.5, 0.6) is 0 Å². The van der Waals surface area contributed by atoms with Gasteiger partial charge in [-0.25, -0.2) is 9.97 Å². The van der Waals surface area contributed by atoms with Crippen molar-refractivity contribution in [2.45, 2.75) is 24.9 Å². The highest BCUT2D eigenvalue weighted by molar-refractivity contribution is 5.98. The Morgan fingerprint density at radius 3 is 2.74 bits per heavy atom. The number of carbonyl (C=O) groups excluding carboxylic acids is 1. The third-order valence-corrected chi connectivity index (χ3v) is 4.43. The zero-order valence-corrected chi connectivity index (χ0v) is 14.0. The molecule has 0 aliphatic heterocycles. The molecule has 0 spiro atoms. The number of nitrogens with zero attached hydrogens (tertiary/aromatic N) is 2. The summed E-state index contributed by atoms with van der Waals surface area (Å²) in [4.78, 5) is 20.8. The topological polar surface area (TPSA) is 68.0 Å². The minimum atomic E-state index is -4.43. The van der Waals surface area contributed by atoms with Crippen LogP contribution in [-0.2, 0) is 12.6 Å². The number of benzene rings is 1. The van der Waals surface area contributed by atoms with E-state index >= 15 is 0 Å². The lowest BCUT2D eigenvalue weighted by Crippen LogP contribution is -2.20. The van der Waals surface area contributed by atoms with Gasteiger partial charge in [-0.2, -0.15) is 13.2 Å². The fourth-order valence-electron chi connectivity index (χ4n) is 3.13. The van der Waals surface area contributed by atoms with Gasteiger partial charge < -0.3 is 9.73 Å². The van der Waals surface area contributed by atoms with E-state index in [9.17, 15) is 18.0 Å². The highest BCUT2D eigenvalue weighted by Crippen LogP contribution is 2.33. The van der Waals surface area contributed by atoms with Crippen molar-refractivity contribution < 1.29 is 22.4 Å². The zero-order chi connectivity index (χ0) is 19.0. The number of aromatic nitrogens is 2. The number of hydrogen-bond acceptors (Lipinski definition) is 5. The van der Waals surface area contributed by atoms with Gasteiger partial charge >= 0.3 is 6.18 Å². The molecule has 2 heterocycles. The van der Waals surface area contributed by atoms with Crippen molar-refractivity contribution in [3.05, 3.63) is 71.4 Å². The van der Waals surface area contributed by atoms with E-state index < -0.39 is 11.7 Å². The number of halogens is 3. The van der Waals surface area contributed by atoms with Gasteiger partial charge in [0.2, 0.25) is 5.95 Å². The molecule has 5 nitrogen and oxygen atoms in total. The van der Waals surface area contributed by atoms with Gasteiger partial charge in [0, 0.05) is 30.6 Å². The van der Waals surface area contributed by atoms with Gasteiger partial charge in [-0.3, -0.25) is 4.79 Å². The summed E-state index contributed by atoms with van der Waals surface area (Å²) in [5.74, 6) is 0.653. The molecule has 1 aromatic carbocycles. The largest absolute Gasteiger partial charge is 0.469 e. The fraction of sp³-hybridized carbons (Fsp3) is 0.211. The van der Waals surface area contributed by atoms with Gasteiger partial charge in [-0.15, -0.1) is 0 Å². The molecule has 1 N–H and O–H groups in total. The van der Waals surface area contributed by atoms with Crippen LogP contribution in [0.4, 0.5) is 24.8 Å². The Labute approximate surface area is 152 Å². The summed E-state index contributed by atoms with van der Waals surface area (Å²) in [6.45, 7) is 0. The highest BCUT2D eigenvalue weighted by atomic mass is 19.4. The lowest BCUT2D eigenvalue weighted by molar-refractivity contribution is -0.137. The Bertz CT molecular complexity index is 984. The maximum Gasteiger partial charge on any atom is 0.416 e. The predicted octanol–water partition coefficient (Wildman–Crippen LogP) is 4.74. The number of hydrogen-bond donors (Lipinski definition) is 1. The zero-order valence-electron chi connectivity index (χ0n) is 14.0. The third kappa shape index (κ3) is 3.55. The second-order valence-corrected chi connectivity index (χ2v) is 6.30. The minimum absolute atomic E-state index is 0.0803. The van der Waals surface area contributed by atoms with Crippen molar-refractivity contribution >= 4 is 17.4 Å². The third-order valence-electron chi connectivity index (χ3n) is 4.43. The van der Waals surface area contributed by atoms with Crippen LogP contribution in [0.15, 0.2) is 53.3 Å². The van der Waals surface area contributed by atoms with Gasteiger partial charge in [0.25, 0.3) is 0 Å². The minimum Gasteiger partial charge on any atom is -0.469 e. The molecule has 138 valence electrons. The number of fused-ring (bicyclic) bond motifs is 1. The average Bonchev–Trinajstić information content (AvgIpc) is 3.15. The molecule has 1 aliphatic rings. The van der Waals surface area contributed by atoms with Crippen LogP contribution in [0.1, 0.15) is 39.7 Å². The first-order valence-electron chi connectivity index (χ1n) is 8.27. The van der Waals surface area contributed by atoms with Crippen LogP contribution < -0.4 is 5.32 Å². The lowest BCUT2D eigenvalue weighted by Gasteiger charge is -2.21. The molecule has 0 bridgehead atoms. The molecule has 4 rings (SSSR count). The smallest absolute Gasteiger partial charge is 0.416 e. The summed E-state index contributed by atoms with van der Waals surface area (Å²) in [5, 5.41) is 2.77. The number of Topliss-reactive ketones (excluding diaryl/α,β-unsaturated/α-hetero) is 1. The van der Waals surface area contributed by atoms with Gasteiger partial charge in [-0.1, -0.05) is 6.07 Å². The second kappa shape index (κ2) is 6.53. The Morgan fingerprint density at radius 2 is 2.00 bits per heavy atom. The molecule has 0 saturated carbocycles. The van der Waals surface area contributed by atoms with Crippen molar-refractivity contribution in [3.63, 3.8) is 0 Å². The summed E-state index contributed by atoms with van der Waals surface area (Å²) in [6.07, 6.45) is -0.662. The van der Waals surface area contributed by atoms with E-state index in [1.807, 2.05) is 6.07 Å². The van der Waals surface area contributed by atoms with E-state index in [1.165, 1.54) is 18.3 Å². The van der Waals surface area contributed by atoms with Crippen molar-refractivity contribution in [2.75, 3.05) is 5.32 Å². The summed E-state index contributed by atoms with van der Waals surface area (Å²) in [5.41, 5.74) is 0.442. The van der Waals surface area contributed by atoms with Crippen molar-refractivity contribution in [1.29, 1.82) is 0 Å². The number of rotatable bonds is 3. The Kier molecular flexibility index (Phi) is 4.18. The van der Waals surface area contributed by atoms with Crippen molar-refractivity contribution in [1.82, 2.24) is 9.97 Å². The molecule has 0 saturated heterocycles. The van der Waals surface area contributed by atoms with Crippen LogP contribution in [0.25, 0.3) is 0 Å². The molecule has 8 heteroatoms. The molecule has 1 unspecified atom stereocenters. The van der Waals surface area contributed by atoms with Gasteiger partial charge in [0.05, 0.1) is 23.1 Å². The van der Waals surface area contributed by atoms with Gasteiger partial charge in [0.1, 0.15) is 5.76 Å². The van der Waals surface area contributed by atoms with E-state index in [2.05, 4.69) is 15.3 Å². The van der Waals surface area contributed by atoms with E-state index in [4.69, 9.17) is 4.42 Å². The number of ketones is 1. The fourth-order valence-corrected chi connectivity index (χ4v) is 3.13. The van der Waals surface area contributed by atoms with Crippen LogP contribution in [0, 0.1) is 0 Å². The van der Waals surface area contributed by atoms with Crippen LogP contribution >= 0.6 is 0 Å². The Balaban J connectivity index is 1.60. The second-order valence-electron chi connectivity index (χ2n) is 6.30. The molecule has 1 atom stereocenters. The maximum atomic E-state index is 12.8. The lowest BCUT2D eigenvalue weighted by atomic mass is 9.85. The standard InChI is InChI=1S/C19H14F3N3O2/c20-19(21,22)12-3-1-4-13(9-12)24-18-23-10-14-15(25-18)7-11(8-16(14)26)17-5-2-6-27-17/h1-6,9-11H,7-8H2,(H,23,24,25). The predicted molar refractivity (Wildman–Crippen MR) is 90.9 cm³/mol. The summed E-state index contributed by atoms with van der Waals surface area (Å²) in [6, 6.07) is 8.35. The van der Waals surface area contributed by atoms with Crippen molar-refractivity contribution in [3.8, 4) is 0 Å². The maximum absolute atomic E-state index is 12.8. The quantitative estimate of drug-likeness (QED) is 0.718. The van der Waals surface area contributed by atoms with E-state index in [-0.39, 0.29) is 23.3 Å². The summed E-state index contributed by atoms with van der Waals surface area (Å²) < 4.78 is 43.9.